The number of phenolic OH excluding ortho intramolecular Hbond substituents is 1. The third kappa shape index (κ3) is 3.29. The molecule has 0 radical (unpaired) electrons. The highest BCUT2D eigenvalue weighted by Crippen LogP contribution is 2.46. The molecule has 2 aromatic rings. The van der Waals surface area contributed by atoms with Crippen LogP contribution in [0.15, 0.2) is 30.3 Å². The molecule has 1 spiro atoms. The molecule has 2 aromatic carbocycles. The Morgan fingerprint density at radius 1 is 1.21 bits per heavy atom. The standard InChI is InChI=1S/C23H27ClFN3O/c1-27-14-23(19-10-15(25)2-4-21(19)27)6-8-28(9-7-23)13-16-11-17-18(12-26-16)22(29)5-3-20(17)24/h2-5,10,16,26,29H,6-9,11-14H2,1H3. The summed E-state index contributed by atoms with van der Waals surface area (Å²) in [5, 5.41) is 14.4. The van der Waals surface area contributed by atoms with Gasteiger partial charge in [0.25, 0.3) is 0 Å². The fourth-order valence-corrected chi connectivity index (χ4v) is 5.81. The van der Waals surface area contributed by atoms with Gasteiger partial charge in [-0.15, -0.1) is 0 Å². The van der Waals surface area contributed by atoms with Crippen LogP contribution in [0.2, 0.25) is 5.02 Å². The molecule has 1 unspecified atom stereocenters. The third-order valence-corrected chi connectivity index (χ3v) is 7.49. The molecule has 4 nitrogen and oxygen atoms in total. The van der Waals surface area contributed by atoms with Gasteiger partial charge in [-0.1, -0.05) is 11.6 Å². The summed E-state index contributed by atoms with van der Waals surface area (Å²) >= 11 is 6.39. The largest absolute Gasteiger partial charge is 0.508 e. The summed E-state index contributed by atoms with van der Waals surface area (Å²) in [5.74, 6) is 0.192. The maximum atomic E-state index is 13.9. The molecule has 29 heavy (non-hydrogen) atoms. The number of likely N-dealkylation sites (tertiary alicyclic amines) is 1. The van der Waals surface area contributed by atoms with Gasteiger partial charge in [-0.05, 0) is 73.8 Å². The Balaban J connectivity index is 1.26. The Labute approximate surface area is 176 Å². The van der Waals surface area contributed by atoms with Crippen LogP contribution in [0.25, 0.3) is 0 Å². The highest BCUT2D eigenvalue weighted by molar-refractivity contribution is 6.31. The lowest BCUT2D eigenvalue weighted by atomic mass is 9.74. The van der Waals surface area contributed by atoms with Crippen molar-refractivity contribution in [3.63, 3.8) is 0 Å². The Bertz CT molecular complexity index is 942. The average Bonchev–Trinajstić information content (AvgIpc) is 2.98. The van der Waals surface area contributed by atoms with Crippen molar-refractivity contribution in [2.24, 2.45) is 0 Å². The topological polar surface area (TPSA) is 38.7 Å². The summed E-state index contributed by atoms with van der Waals surface area (Å²) < 4.78 is 13.9. The average molecular weight is 416 g/mol. The lowest BCUT2D eigenvalue weighted by Crippen LogP contribution is -2.50. The number of anilines is 1. The van der Waals surface area contributed by atoms with Gasteiger partial charge in [-0.2, -0.15) is 0 Å². The van der Waals surface area contributed by atoms with Crippen LogP contribution >= 0.6 is 11.6 Å². The molecule has 3 aliphatic rings. The third-order valence-electron chi connectivity index (χ3n) is 7.14. The van der Waals surface area contributed by atoms with Gasteiger partial charge in [0.15, 0.2) is 0 Å². The van der Waals surface area contributed by atoms with E-state index in [1.807, 2.05) is 6.07 Å². The molecule has 1 saturated heterocycles. The second kappa shape index (κ2) is 7.15. The zero-order valence-electron chi connectivity index (χ0n) is 16.7. The molecule has 1 atom stereocenters. The fourth-order valence-electron chi connectivity index (χ4n) is 5.56. The SMILES string of the molecule is CN1CC2(CCN(CC3Cc4c(Cl)ccc(O)c4CN3)CC2)c2cc(F)ccc21. The van der Waals surface area contributed by atoms with E-state index in [4.69, 9.17) is 11.6 Å². The molecule has 6 heteroatoms. The summed E-state index contributed by atoms with van der Waals surface area (Å²) in [5.41, 5.74) is 4.45. The molecular weight excluding hydrogens is 389 g/mol. The maximum Gasteiger partial charge on any atom is 0.123 e. The summed E-state index contributed by atoms with van der Waals surface area (Å²) in [7, 11) is 2.11. The molecule has 0 aromatic heterocycles. The van der Waals surface area contributed by atoms with Crippen molar-refractivity contribution in [3.8, 4) is 5.75 Å². The van der Waals surface area contributed by atoms with E-state index in [0.29, 0.717) is 18.3 Å². The normalized spacial score (nSPS) is 23.3. The number of halogens is 2. The monoisotopic (exact) mass is 415 g/mol. The Morgan fingerprint density at radius 3 is 2.79 bits per heavy atom. The van der Waals surface area contributed by atoms with Crippen LogP contribution < -0.4 is 10.2 Å². The Kier molecular flexibility index (Phi) is 4.72. The lowest BCUT2D eigenvalue weighted by Gasteiger charge is -2.41. The smallest absolute Gasteiger partial charge is 0.123 e. The van der Waals surface area contributed by atoms with Crippen molar-refractivity contribution in [3.05, 3.63) is 57.9 Å². The summed E-state index contributed by atoms with van der Waals surface area (Å²) in [6.07, 6.45) is 2.94. The fraction of sp³-hybridized carbons (Fsp3) is 0.478. The second-order valence-electron chi connectivity index (χ2n) is 8.90. The Hall–Kier alpha value is -1.82. The van der Waals surface area contributed by atoms with Crippen LogP contribution in [0.1, 0.15) is 29.5 Å². The first kappa shape index (κ1) is 19.2. The van der Waals surface area contributed by atoms with E-state index in [1.165, 1.54) is 11.3 Å². The van der Waals surface area contributed by atoms with Crippen molar-refractivity contribution in [1.82, 2.24) is 10.2 Å². The molecule has 3 aliphatic heterocycles. The summed E-state index contributed by atoms with van der Waals surface area (Å²) in [6.45, 7) is 4.63. The second-order valence-corrected chi connectivity index (χ2v) is 9.31. The zero-order valence-corrected chi connectivity index (χ0v) is 17.5. The van der Waals surface area contributed by atoms with E-state index in [0.717, 1.165) is 61.6 Å². The molecule has 2 N–H and O–H groups in total. The van der Waals surface area contributed by atoms with E-state index in [9.17, 15) is 9.50 Å². The number of nitrogens with one attached hydrogen (secondary N) is 1. The number of nitrogens with zero attached hydrogens (tertiary/aromatic N) is 2. The number of fused-ring (bicyclic) bond motifs is 3. The van der Waals surface area contributed by atoms with E-state index >= 15 is 0 Å². The van der Waals surface area contributed by atoms with Crippen molar-refractivity contribution in [1.29, 1.82) is 0 Å². The summed E-state index contributed by atoms with van der Waals surface area (Å²) in [4.78, 5) is 4.79. The van der Waals surface area contributed by atoms with Gasteiger partial charge < -0.3 is 20.2 Å². The maximum absolute atomic E-state index is 13.9. The van der Waals surface area contributed by atoms with Crippen molar-refractivity contribution >= 4 is 17.3 Å². The number of likely N-dealkylation sites (N-methyl/N-ethyl adjacent to an activating group) is 1. The van der Waals surface area contributed by atoms with E-state index in [-0.39, 0.29) is 11.2 Å². The lowest BCUT2D eigenvalue weighted by molar-refractivity contribution is 0.150. The van der Waals surface area contributed by atoms with Crippen LogP contribution in [0.3, 0.4) is 0 Å². The van der Waals surface area contributed by atoms with Gasteiger partial charge in [0.2, 0.25) is 0 Å². The number of benzene rings is 2. The van der Waals surface area contributed by atoms with Gasteiger partial charge in [-0.25, -0.2) is 4.39 Å². The van der Waals surface area contributed by atoms with E-state index in [2.05, 4.69) is 22.2 Å². The van der Waals surface area contributed by atoms with Crippen LogP contribution in [0.5, 0.6) is 5.75 Å². The first-order chi connectivity index (χ1) is 13.9. The van der Waals surface area contributed by atoms with Crippen LogP contribution in [-0.4, -0.2) is 49.3 Å². The van der Waals surface area contributed by atoms with Crippen LogP contribution in [-0.2, 0) is 18.4 Å². The molecule has 0 amide bonds. The highest BCUT2D eigenvalue weighted by Gasteiger charge is 2.44. The predicted octanol–water partition coefficient (Wildman–Crippen LogP) is 3.68. The molecule has 0 aliphatic carbocycles. The molecule has 1 fully saturated rings. The number of hydrogen-bond donors (Lipinski definition) is 2. The zero-order chi connectivity index (χ0) is 20.2. The van der Waals surface area contributed by atoms with Gasteiger partial charge in [0.1, 0.15) is 11.6 Å². The van der Waals surface area contributed by atoms with Gasteiger partial charge >= 0.3 is 0 Å². The minimum Gasteiger partial charge on any atom is -0.508 e. The minimum atomic E-state index is -0.133. The van der Waals surface area contributed by atoms with Crippen LogP contribution in [0, 0.1) is 5.82 Å². The van der Waals surface area contributed by atoms with E-state index in [1.54, 1.807) is 24.3 Å². The highest BCUT2D eigenvalue weighted by atomic mass is 35.5. The minimum absolute atomic E-state index is 0.0738. The van der Waals surface area contributed by atoms with Crippen molar-refractivity contribution < 1.29 is 9.50 Å². The number of phenols is 1. The first-order valence-electron chi connectivity index (χ1n) is 10.4. The predicted molar refractivity (Wildman–Crippen MR) is 114 cm³/mol. The molecular formula is C23H27ClFN3O. The molecule has 5 rings (SSSR count). The van der Waals surface area contributed by atoms with Gasteiger partial charge in [0, 0.05) is 54.4 Å². The van der Waals surface area contributed by atoms with Crippen molar-refractivity contribution in [2.75, 3.05) is 38.1 Å². The molecule has 154 valence electrons. The van der Waals surface area contributed by atoms with Gasteiger partial charge in [0.05, 0.1) is 0 Å². The number of piperidine rings is 1. The molecule has 3 heterocycles. The number of rotatable bonds is 2. The number of aromatic hydroxyl groups is 1. The van der Waals surface area contributed by atoms with E-state index < -0.39 is 0 Å². The molecule has 0 saturated carbocycles. The summed E-state index contributed by atoms with van der Waals surface area (Å²) in [6, 6.07) is 9.03. The van der Waals surface area contributed by atoms with Crippen LogP contribution in [0.4, 0.5) is 10.1 Å². The Morgan fingerprint density at radius 2 is 2.00 bits per heavy atom. The quantitative estimate of drug-likeness (QED) is 0.784. The first-order valence-corrected chi connectivity index (χ1v) is 10.8. The van der Waals surface area contributed by atoms with Gasteiger partial charge in [-0.3, -0.25) is 0 Å². The molecule has 0 bridgehead atoms. The van der Waals surface area contributed by atoms with Crippen molar-refractivity contribution in [2.45, 2.75) is 37.3 Å². The number of hydrogen-bond acceptors (Lipinski definition) is 4.